The third kappa shape index (κ3) is 4.45. The van der Waals surface area contributed by atoms with E-state index in [-0.39, 0.29) is 39.8 Å². The molecule has 6 nitrogen and oxygen atoms in total. The van der Waals surface area contributed by atoms with Crippen molar-refractivity contribution in [3.63, 3.8) is 0 Å². The van der Waals surface area contributed by atoms with Gasteiger partial charge in [0.05, 0.1) is 16.7 Å². The molecule has 2 aliphatic heterocycles. The van der Waals surface area contributed by atoms with E-state index in [1.165, 1.54) is 13.1 Å². The van der Waals surface area contributed by atoms with E-state index in [0.29, 0.717) is 37.2 Å². The van der Waals surface area contributed by atoms with E-state index in [9.17, 15) is 23.1 Å². The highest BCUT2D eigenvalue weighted by Crippen LogP contribution is 2.44. The fourth-order valence-corrected chi connectivity index (χ4v) is 5.13. The smallest absolute Gasteiger partial charge is 0.393 e. The number of hydrogen-bond acceptors (Lipinski definition) is 4. The minimum atomic E-state index is -4.51. The molecule has 1 N–H and O–H groups in total. The van der Waals surface area contributed by atoms with Crippen LogP contribution in [-0.4, -0.2) is 56.5 Å². The molecule has 184 valence electrons. The Bertz CT molecular complexity index is 1150. The molecule has 2 aliphatic rings. The van der Waals surface area contributed by atoms with Crippen molar-refractivity contribution in [3.05, 3.63) is 44.8 Å². The van der Waals surface area contributed by atoms with E-state index in [0.717, 1.165) is 5.56 Å². The van der Waals surface area contributed by atoms with Crippen LogP contribution < -0.4 is 0 Å². The molecule has 2 unspecified atom stereocenters. The van der Waals surface area contributed by atoms with Crippen LogP contribution in [0, 0.1) is 5.92 Å². The summed E-state index contributed by atoms with van der Waals surface area (Å²) < 4.78 is 42.1. The molecule has 2 aromatic rings. The summed E-state index contributed by atoms with van der Waals surface area (Å²) in [6.07, 6.45) is -2.45. The molecular formula is C23H25Cl2F3N4O2. The zero-order valence-electron chi connectivity index (χ0n) is 19.0. The van der Waals surface area contributed by atoms with Crippen molar-refractivity contribution in [1.29, 1.82) is 0 Å². The fraction of sp³-hybridized carbons (Fsp3) is 0.522. The molecular weight excluding hydrogens is 492 g/mol. The molecule has 1 fully saturated rings. The number of fused-ring (bicyclic) bond motifs is 1. The number of rotatable bonds is 3. The first-order chi connectivity index (χ1) is 15.9. The fourth-order valence-electron chi connectivity index (χ4n) is 4.59. The van der Waals surface area contributed by atoms with Crippen molar-refractivity contribution in [3.8, 4) is 0 Å². The number of nitrogens with zero attached hydrogens (tertiary/aromatic N) is 4. The SMILES string of the molecule is CC1C(C(F)(F)F)=Nc2c(cc(Cc3c(Cl)ncc(C(=O)N4CCC(O)CC4)c3Cl)n2C)C1C. The molecule has 1 saturated heterocycles. The van der Waals surface area contributed by atoms with Crippen LogP contribution in [0.4, 0.5) is 19.0 Å². The summed E-state index contributed by atoms with van der Waals surface area (Å²) in [5.41, 5.74) is 1.21. The number of piperidine rings is 1. The van der Waals surface area contributed by atoms with Crippen LogP contribution in [0.25, 0.3) is 0 Å². The second-order valence-electron chi connectivity index (χ2n) is 9.00. The maximum atomic E-state index is 13.5. The molecule has 2 atom stereocenters. The van der Waals surface area contributed by atoms with Crippen LogP contribution in [0.1, 0.15) is 59.8 Å². The van der Waals surface area contributed by atoms with E-state index in [1.54, 1.807) is 23.4 Å². The van der Waals surface area contributed by atoms with Crippen LogP contribution in [0.2, 0.25) is 10.2 Å². The average molecular weight is 517 g/mol. The number of hydrogen-bond donors (Lipinski definition) is 1. The monoisotopic (exact) mass is 516 g/mol. The van der Waals surface area contributed by atoms with Gasteiger partial charge < -0.3 is 14.6 Å². The van der Waals surface area contributed by atoms with Gasteiger partial charge in [-0.15, -0.1) is 0 Å². The van der Waals surface area contributed by atoms with E-state index in [4.69, 9.17) is 23.2 Å². The molecule has 34 heavy (non-hydrogen) atoms. The lowest BCUT2D eigenvalue weighted by Crippen LogP contribution is -2.40. The molecule has 4 rings (SSSR count). The van der Waals surface area contributed by atoms with Gasteiger partial charge in [-0.2, -0.15) is 13.2 Å². The van der Waals surface area contributed by atoms with Crippen molar-refractivity contribution in [1.82, 2.24) is 14.5 Å². The number of aliphatic imine (C=N–C) groups is 1. The van der Waals surface area contributed by atoms with Crippen molar-refractivity contribution in [2.24, 2.45) is 18.0 Å². The zero-order valence-corrected chi connectivity index (χ0v) is 20.5. The summed E-state index contributed by atoms with van der Waals surface area (Å²) in [4.78, 5) is 22.7. The van der Waals surface area contributed by atoms with Gasteiger partial charge in [0.25, 0.3) is 5.91 Å². The Labute approximate surface area is 205 Å². The number of halogens is 5. The van der Waals surface area contributed by atoms with Gasteiger partial charge in [0.15, 0.2) is 0 Å². The largest absolute Gasteiger partial charge is 0.429 e. The van der Waals surface area contributed by atoms with Gasteiger partial charge in [0.1, 0.15) is 16.7 Å². The molecule has 0 spiro atoms. The third-order valence-electron chi connectivity index (χ3n) is 6.91. The second-order valence-corrected chi connectivity index (χ2v) is 9.74. The quantitative estimate of drug-likeness (QED) is 0.562. The van der Waals surface area contributed by atoms with Crippen molar-refractivity contribution >= 4 is 40.6 Å². The minimum absolute atomic E-state index is 0.121. The van der Waals surface area contributed by atoms with Crippen LogP contribution >= 0.6 is 23.2 Å². The lowest BCUT2D eigenvalue weighted by atomic mass is 9.84. The summed E-state index contributed by atoms with van der Waals surface area (Å²) in [6.45, 7) is 4.10. The maximum Gasteiger partial charge on any atom is 0.429 e. The predicted octanol–water partition coefficient (Wildman–Crippen LogP) is 5.30. The number of alkyl halides is 3. The average Bonchev–Trinajstić information content (AvgIpc) is 3.08. The van der Waals surface area contributed by atoms with Crippen molar-refractivity contribution in [2.75, 3.05) is 13.1 Å². The number of amides is 1. The molecule has 0 bridgehead atoms. The van der Waals surface area contributed by atoms with Gasteiger partial charge in [-0.3, -0.25) is 4.79 Å². The van der Waals surface area contributed by atoms with Crippen molar-refractivity contribution < 1.29 is 23.1 Å². The summed E-state index contributed by atoms with van der Waals surface area (Å²) in [7, 11) is 1.65. The van der Waals surface area contributed by atoms with Crippen LogP contribution in [0.5, 0.6) is 0 Å². The Morgan fingerprint density at radius 2 is 1.85 bits per heavy atom. The normalized spacial score (nSPS) is 21.4. The molecule has 4 heterocycles. The lowest BCUT2D eigenvalue weighted by Gasteiger charge is -2.30. The number of aromatic nitrogens is 2. The van der Waals surface area contributed by atoms with Crippen molar-refractivity contribution in [2.45, 2.75) is 51.3 Å². The third-order valence-corrected chi connectivity index (χ3v) is 7.67. The van der Waals surface area contributed by atoms with Gasteiger partial charge in [0.2, 0.25) is 0 Å². The van der Waals surface area contributed by atoms with Gasteiger partial charge in [-0.25, -0.2) is 9.98 Å². The molecule has 0 saturated carbocycles. The number of likely N-dealkylation sites (tertiary alicyclic amines) is 1. The van der Waals surface area contributed by atoms with E-state index in [2.05, 4.69) is 9.98 Å². The lowest BCUT2D eigenvalue weighted by molar-refractivity contribution is -0.0632. The molecule has 0 aromatic carbocycles. The predicted molar refractivity (Wildman–Crippen MR) is 124 cm³/mol. The highest BCUT2D eigenvalue weighted by atomic mass is 35.5. The first kappa shape index (κ1) is 25.0. The Morgan fingerprint density at radius 3 is 2.47 bits per heavy atom. The van der Waals surface area contributed by atoms with Crippen LogP contribution in [0.3, 0.4) is 0 Å². The number of aliphatic hydroxyl groups excluding tert-OH is 1. The number of pyridine rings is 1. The van der Waals surface area contributed by atoms with Gasteiger partial charge in [-0.1, -0.05) is 37.0 Å². The van der Waals surface area contributed by atoms with Crippen LogP contribution in [0.15, 0.2) is 17.3 Å². The van der Waals surface area contributed by atoms with Gasteiger partial charge in [0, 0.05) is 55.5 Å². The number of carbonyl (C=O) groups is 1. The summed E-state index contributed by atoms with van der Waals surface area (Å²) in [5.74, 6) is -1.20. The summed E-state index contributed by atoms with van der Waals surface area (Å²) in [5, 5.41) is 9.99. The van der Waals surface area contributed by atoms with E-state index >= 15 is 0 Å². The Balaban J connectivity index is 1.68. The summed E-state index contributed by atoms with van der Waals surface area (Å²) in [6, 6.07) is 1.82. The summed E-state index contributed by atoms with van der Waals surface area (Å²) >= 11 is 12.9. The van der Waals surface area contributed by atoms with E-state index < -0.39 is 23.9 Å². The van der Waals surface area contributed by atoms with Gasteiger partial charge >= 0.3 is 6.18 Å². The molecule has 1 amide bonds. The van der Waals surface area contributed by atoms with Crippen LogP contribution in [-0.2, 0) is 13.5 Å². The Hall–Kier alpha value is -2.10. The number of carbonyl (C=O) groups excluding carboxylic acids is 1. The second kappa shape index (κ2) is 9.17. The topological polar surface area (TPSA) is 70.7 Å². The highest BCUT2D eigenvalue weighted by molar-refractivity contribution is 6.37. The highest BCUT2D eigenvalue weighted by Gasteiger charge is 2.44. The first-order valence-corrected chi connectivity index (χ1v) is 11.8. The zero-order chi connectivity index (χ0) is 24.9. The standard InChI is InChI=1S/C23H25Cl2F3N4O2/c1-11-12(2)19(23(26,27)28)30-21-15(11)8-13(31(21)3)9-16-18(24)17(10-29-20(16)25)22(34)32-6-4-14(33)5-7-32/h8,10-12,14,33H,4-7,9H2,1-3H3. The molecule has 0 radical (unpaired) electrons. The maximum absolute atomic E-state index is 13.5. The van der Waals surface area contributed by atoms with Gasteiger partial charge in [-0.05, 0) is 24.8 Å². The molecule has 2 aromatic heterocycles. The molecule has 0 aliphatic carbocycles. The molecule has 11 heteroatoms. The first-order valence-electron chi connectivity index (χ1n) is 11.0. The van der Waals surface area contributed by atoms with E-state index in [1.807, 2.05) is 6.07 Å². The number of aliphatic hydroxyl groups is 1. The Kier molecular flexibility index (Phi) is 6.74. The Morgan fingerprint density at radius 1 is 1.21 bits per heavy atom. The minimum Gasteiger partial charge on any atom is -0.393 e.